The van der Waals surface area contributed by atoms with E-state index < -0.39 is 40.8 Å². The fraction of sp³-hybridized carbons (Fsp3) is 0.310. The molecule has 0 saturated carbocycles. The topological polar surface area (TPSA) is 62.1 Å². The maximum atomic E-state index is 14.1. The minimum Gasteiger partial charge on any atom is -0.485 e. The molecule has 3 heterocycles. The molecule has 6 nitrogen and oxygen atoms in total. The Morgan fingerprint density at radius 1 is 1.00 bits per heavy atom. The molecule has 1 fully saturated rings. The van der Waals surface area contributed by atoms with Gasteiger partial charge in [0.15, 0.2) is 34.6 Å². The van der Waals surface area contributed by atoms with Crippen LogP contribution in [0.2, 0.25) is 0 Å². The van der Waals surface area contributed by atoms with E-state index >= 15 is 0 Å². The normalized spacial score (nSPS) is 16.5. The minimum absolute atomic E-state index is 0.104. The van der Waals surface area contributed by atoms with Crippen molar-refractivity contribution in [2.45, 2.75) is 45.0 Å². The molecule has 0 N–H and O–H groups in total. The second-order valence-electron chi connectivity index (χ2n) is 9.95. The summed E-state index contributed by atoms with van der Waals surface area (Å²) in [5.41, 5.74) is 0.820. The van der Waals surface area contributed by atoms with Crippen molar-refractivity contribution in [3.05, 3.63) is 101 Å². The van der Waals surface area contributed by atoms with Crippen molar-refractivity contribution in [2.75, 3.05) is 13.2 Å². The molecule has 38 heavy (non-hydrogen) atoms. The molecule has 1 aliphatic heterocycles. The monoisotopic (exact) mass is 524 g/mol. The predicted octanol–water partition coefficient (Wildman–Crippen LogP) is 5.93. The van der Waals surface area contributed by atoms with Crippen molar-refractivity contribution >= 4 is 11.4 Å². The van der Waals surface area contributed by atoms with Crippen LogP contribution in [-0.4, -0.2) is 34.2 Å². The SMILES string of the molecule is Cc1nc2c(OCc3c(F)ccc(F)c3F)cccn2c1C(=O)CC1(c2ccccc2)COC(C)(C)OC1. The van der Waals surface area contributed by atoms with Crippen LogP contribution in [0, 0.1) is 24.4 Å². The van der Waals surface area contributed by atoms with Gasteiger partial charge in [-0.15, -0.1) is 0 Å². The summed E-state index contributed by atoms with van der Waals surface area (Å²) >= 11 is 0. The number of aromatic nitrogens is 2. The molecule has 1 aliphatic rings. The molecule has 9 heteroatoms. The fourth-order valence-electron chi connectivity index (χ4n) is 4.72. The molecule has 0 atom stereocenters. The van der Waals surface area contributed by atoms with Crippen LogP contribution in [0.5, 0.6) is 5.75 Å². The van der Waals surface area contributed by atoms with Gasteiger partial charge in [0.2, 0.25) is 0 Å². The summed E-state index contributed by atoms with van der Waals surface area (Å²) < 4.78 is 61.0. The summed E-state index contributed by atoms with van der Waals surface area (Å²) in [7, 11) is 0. The lowest BCUT2D eigenvalue weighted by atomic mass is 9.76. The van der Waals surface area contributed by atoms with Crippen LogP contribution >= 0.6 is 0 Å². The first-order valence-corrected chi connectivity index (χ1v) is 12.2. The number of aryl methyl sites for hydroxylation is 1. The number of Topliss-reactive ketones (excluding diaryl/α,β-unsaturated/α-hetero) is 1. The van der Waals surface area contributed by atoms with Crippen LogP contribution in [0.3, 0.4) is 0 Å². The van der Waals surface area contributed by atoms with Crippen molar-refractivity contribution in [3.63, 3.8) is 0 Å². The molecule has 0 amide bonds. The summed E-state index contributed by atoms with van der Waals surface area (Å²) in [5.74, 6) is -4.13. The number of carbonyl (C=O) groups is 1. The standard InChI is InChI=1S/C29H27F3N2O4/c1-18-26(23(35)14-29(19-8-5-4-6-9-19)16-37-28(2,3)38-17-29)34-13-7-10-24(27(34)33-18)36-15-20-21(30)11-12-22(31)25(20)32/h4-13H,14-17H2,1-3H3. The Morgan fingerprint density at radius 3 is 2.39 bits per heavy atom. The number of imidazole rings is 1. The van der Waals surface area contributed by atoms with E-state index in [1.807, 2.05) is 44.2 Å². The Labute approximate surface area is 218 Å². The number of ketones is 1. The molecule has 5 rings (SSSR count). The molecule has 2 aromatic heterocycles. The van der Waals surface area contributed by atoms with Crippen molar-refractivity contribution in [2.24, 2.45) is 0 Å². The van der Waals surface area contributed by atoms with E-state index in [0.717, 1.165) is 17.7 Å². The van der Waals surface area contributed by atoms with Crippen molar-refractivity contribution in [1.82, 2.24) is 9.38 Å². The van der Waals surface area contributed by atoms with Gasteiger partial charge in [-0.05, 0) is 50.6 Å². The fourth-order valence-corrected chi connectivity index (χ4v) is 4.72. The van der Waals surface area contributed by atoms with E-state index in [0.29, 0.717) is 30.2 Å². The Balaban J connectivity index is 1.46. The summed E-state index contributed by atoms with van der Waals surface area (Å²) in [4.78, 5) is 18.3. The quantitative estimate of drug-likeness (QED) is 0.221. The van der Waals surface area contributed by atoms with Crippen molar-refractivity contribution < 1.29 is 32.2 Å². The second kappa shape index (κ2) is 9.89. The van der Waals surface area contributed by atoms with E-state index in [-0.39, 0.29) is 18.0 Å². The van der Waals surface area contributed by atoms with Gasteiger partial charge in [0.1, 0.15) is 18.1 Å². The lowest BCUT2D eigenvalue weighted by Gasteiger charge is -2.43. The number of nitrogens with zero attached hydrogens (tertiary/aromatic N) is 2. The van der Waals surface area contributed by atoms with E-state index in [4.69, 9.17) is 14.2 Å². The Hall–Kier alpha value is -3.69. The van der Waals surface area contributed by atoms with Gasteiger partial charge in [-0.3, -0.25) is 9.20 Å². The molecule has 4 aromatic rings. The highest BCUT2D eigenvalue weighted by Crippen LogP contribution is 2.37. The summed E-state index contributed by atoms with van der Waals surface area (Å²) in [6.07, 6.45) is 1.78. The number of pyridine rings is 1. The highest BCUT2D eigenvalue weighted by molar-refractivity contribution is 5.97. The Kier molecular flexibility index (Phi) is 6.75. The molecule has 0 unspecified atom stereocenters. The zero-order valence-electron chi connectivity index (χ0n) is 21.3. The van der Waals surface area contributed by atoms with Crippen LogP contribution < -0.4 is 4.74 Å². The number of carbonyl (C=O) groups excluding carboxylic acids is 1. The van der Waals surface area contributed by atoms with Gasteiger partial charge >= 0.3 is 0 Å². The first kappa shape index (κ1) is 25.9. The van der Waals surface area contributed by atoms with Crippen molar-refractivity contribution in [3.8, 4) is 5.75 Å². The lowest BCUT2D eigenvalue weighted by Crippen LogP contribution is -2.50. The average molecular weight is 525 g/mol. The van der Waals surface area contributed by atoms with Gasteiger partial charge in [0.25, 0.3) is 0 Å². The van der Waals surface area contributed by atoms with Crippen LogP contribution in [0.25, 0.3) is 5.65 Å². The smallest absolute Gasteiger partial charge is 0.182 e. The van der Waals surface area contributed by atoms with E-state index in [2.05, 4.69) is 4.98 Å². The van der Waals surface area contributed by atoms with Gasteiger partial charge in [0.05, 0.1) is 24.5 Å². The zero-order valence-corrected chi connectivity index (χ0v) is 21.3. The van der Waals surface area contributed by atoms with Crippen LogP contribution in [0.4, 0.5) is 13.2 Å². The largest absolute Gasteiger partial charge is 0.485 e. The molecule has 2 aromatic carbocycles. The maximum Gasteiger partial charge on any atom is 0.182 e. The van der Waals surface area contributed by atoms with E-state index in [9.17, 15) is 18.0 Å². The third-order valence-corrected chi connectivity index (χ3v) is 6.84. The predicted molar refractivity (Wildman–Crippen MR) is 134 cm³/mol. The number of hydrogen-bond acceptors (Lipinski definition) is 5. The van der Waals surface area contributed by atoms with Gasteiger partial charge < -0.3 is 14.2 Å². The Morgan fingerprint density at radius 2 is 1.68 bits per heavy atom. The number of hydrogen-bond donors (Lipinski definition) is 0. The average Bonchev–Trinajstić information content (AvgIpc) is 3.25. The molecule has 0 spiro atoms. The molecule has 198 valence electrons. The molecule has 0 radical (unpaired) electrons. The van der Waals surface area contributed by atoms with Crippen LogP contribution in [0.1, 0.15) is 47.6 Å². The first-order chi connectivity index (χ1) is 18.1. The van der Waals surface area contributed by atoms with Gasteiger partial charge in [-0.2, -0.15) is 0 Å². The summed E-state index contributed by atoms with van der Waals surface area (Å²) in [6, 6.07) is 14.4. The highest BCUT2D eigenvalue weighted by Gasteiger charge is 2.43. The third kappa shape index (κ3) is 4.79. The molecular formula is C29H27F3N2O4. The molecular weight excluding hydrogens is 497 g/mol. The van der Waals surface area contributed by atoms with Crippen LogP contribution in [-0.2, 0) is 21.5 Å². The molecule has 0 aliphatic carbocycles. The summed E-state index contributed by atoms with van der Waals surface area (Å²) in [5, 5.41) is 0. The second-order valence-corrected chi connectivity index (χ2v) is 9.95. The van der Waals surface area contributed by atoms with Gasteiger partial charge in [-0.1, -0.05) is 30.3 Å². The minimum atomic E-state index is -1.31. The van der Waals surface area contributed by atoms with E-state index in [1.54, 1.807) is 29.7 Å². The number of fused-ring (bicyclic) bond motifs is 1. The van der Waals surface area contributed by atoms with Gasteiger partial charge in [0, 0.05) is 18.0 Å². The number of benzene rings is 2. The number of rotatable bonds is 7. The zero-order chi connectivity index (χ0) is 27.1. The third-order valence-electron chi connectivity index (χ3n) is 6.84. The maximum absolute atomic E-state index is 14.1. The molecule has 1 saturated heterocycles. The van der Waals surface area contributed by atoms with E-state index in [1.165, 1.54) is 0 Å². The van der Waals surface area contributed by atoms with Crippen molar-refractivity contribution in [1.29, 1.82) is 0 Å². The highest BCUT2D eigenvalue weighted by atomic mass is 19.2. The van der Waals surface area contributed by atoms with Gasteiger partial charge in [-0.25, -0.2) is 18.2 Å². The lowest BCUT2D eigenvalue weighted by molar-refractivity contribution is -0.269. The Bertz CT molecular complexity index is 1490. The molecule has 0 bridgehead atoms. The summed E-state index contributed by atoms with van der Waals surface area (Å²) in [6.45, 7) is 5.42. The number of ether oxygens (including phenoxy) is 3. The number of halogens is 3. The first-order valence-electron chi connectivity index (χ1n) is 12.2. The van der Waals surface area contributed by atoms with Crippen LogP contribution in [0.15, 0.2) is 60.8 Å².